The van der Waals surface area contributed by atoms with E-state index < -0.39 is 0 Å². The molecule has 2 amide bonds. The molecule has 0 spiro atoms. The Kier molecular flexibility index (Phi) is 8.10. The Hall–Kier alpha value is -2.37. The topological polar surface area (TPSA) is 52.7 Å². The predicted octanol–water partition coefficient (Wildman–Crippen LogP) is 4.17. The molecule has 0 saturated carbocycles. The third kappa shape index (κ3) is 6.08. The summed E-state index contributed by atoms with van der Waals surface area (Å²) in [6.07, 6.45) is 2.38. The normalized spacial score (nSPS) is 15.7. The molecular formula is C25H32ClN3O2. The van der Waals surface area contributed by atoms with Crippen molar-refractivity contribution in [3.63, 3.8) is 0 Å². The third-order valence-corrected chi connectivity index (χ3v) is 6.36. The Bertz CT molecular complexity index is 873. The van der Waals surface area contributed by atoms with Gasteiger partial charge in [-0.05, 0) is 68.8 Å². The number of likely N-dealkylation sites (tertiary alicyclic amines) is 1. The molecule has 0 radical (unpaired) electrons. The van der Waals surface area contributed by atoms with Crippen LogP contribution in [0.5, 0.6) is 0 Å². The summed E-state index contributed by atoms with van der Waals surface area (Å²) < 4.78 is 0. The van der Waals surface area contributed by atoms with E-state index in [4.69, 9.17) is 11.6 Å². The predicted molar refractivity (Wildman–Crippen MR) is 125 cm³/mol. The molecule has 1 fully saturated rings. The summed E-state index contributed by atoms with van der Waals surface area (Å²) >= 11 is 5.91. The summed E-state index contributed by atoms with van der Waals surface area (Å²) in [5.41, 5.74) is 3.14. The van der Waals surface area contributed by atoms with Crippen LogP contribution in [0.2, 0.25) is 5.02 Å². The Labute approximate surface area is 190 Å². The first kappa shape index (κ1) is 23.3. The van der Waals surface area contributed by atoms with Crippen molar-refractivity contribution in [1.29, 1.82) is 0 Å². The van der Waals surface area contributed by atoms with Crippen molar-refractivity contribution in [2.75, 3.05) is 33.7 Å². The number of carbonyl (C=O) groups is 2. The number of benzene rings is 2. The van der Waals surface area contributed by atoms with Gasteiger partial charge in [0.1, 0.15) is 0 Å². The first-order valence-corrected chi connectivity index (χ1v) is 11.3. The lowest BCUT2D eigenvalue weighted by atomic mass is 9.95. The molecule has 1 aliphatic heterocycles. The molecule has 3 rings (SSSR count). The van der Waals surface area contributed by atoms with Crippen LogP contribution in [-0.4, -0.2) is 55.3 Å². The minimum atomic E-state index is -0.0560. The number of hydrogen-bond donors (Lipinski definition) is 1. The second kappa shape index (κ2) is 10.8. The van der Waals surface area contributed by atoms with Gasteiger partial charge in [-0.2, -0.15) is 0 Å². The number of likely N-dealkylation sites (N-methyl/N-ethyl adjacent to an activating group) is 1. The highest BCUT2D eigenvalue weighted by atomic mass is 35.5. The first-order chi connectivity index (χ1) is 14.9. The molecular weight excluding hydrogens is 410 g/mol. The van der Waals surface area contributed by atoms with E-state index in [0.29, 0.717) is 43.1 Å². The van der Waals surface area contributed by atoms with Crippen molar-refractivity contribution in [3.05, 3.63) is 70.2 Å². The smallest absolute Gasteiger partial charge is 0.253 e. The summed E-state index contributed by atoms with van der Waals surface area (Å²) in [5, 5.41) is 3.76. The van der Waals surface area contributed by atoms with Gasteiger partial charge in [-0.3, -0.25) is 9.59 Å². The van der Waals surface area contributed by atoms with Crippen LogP contribution in [0.1, 0.15) is 47.3 Å². The number of rotatable bonds is 7. The summed E-state index contributed by atoms with van der Waals surface area (Å²) in [5.74, 6) is 0.0221. The van der Waals surface area contributed by atoms with E-state index in [-0.39, 0.29) is 23.8 Å². The van der Waals surface area contributed by atoms with Crippen molar-refractivity contribution >= 4 is 23.4 Å². The molecule has 0 bridgehead atoms. The number of amides is 2. The highest BCUT2D eigenvalue weighted by Gasteiger charge is 2.28. The molecule has 0 unspecified atom stereocenters. The lowest BCUT2D eigenvalue weighted by Gasteiger charge is -2.32. The van der Waals surface area contributed by atoms with Gasteiger partial charge in [0.05, 0.1) is 6.04 Å². The maximum atomic E-state index is 12.8. The monoisotopic (exact) mass is 441 g/mol. The Morgan fingerprint density at radius 1 is 1.06 bits per heavy atom. The molecule has 31 heavy (non-hydrogen) atoms. The quantitative estimate of drug-likeness (QED) is 0.701. The zero-order chi connectivity index (χ0) is 22.4. The summed E-state index contributed by atoms with van der Waals surface area (Å²) in [4.78, 5) is 29.4. The van der Waals surface area contributed by atoms with Crippen LogP contribution in [0.15, 0.2) is 48.5 Å². The van der Waals surface area contributed by atoms with Crippen molar-refractivity contribution in [1.82, 2.24) is 15.1 Å². The molecule has 2 aromatic carbocycles. The van der Waals surface area contributed by atoms with Gasteiger partial charge in [0, 0.05) is 36.1 Å². The molecule has 1 N–H and O–H groups in total. The van der Waals surface area contributed by atoms with E-state index >= 15 is 0 Å². The molecule has 5 nitrogen and oxygen atoms in total. The second-order valence-corrected chi connectivity index (χ2v) is 8.83. The van der Waals surface area contributed by atoms with Gasteiger partial charge in [-0.15, -0.1) is 0 Å². The van der Waals surface area contributed by atoms with E-state index in [1.807, 2.05) is 19.0 Å². The third-order valence-electron chi connectivity index (χ3n) is 6.11. The van der Waals surface area contributed by atoms with Crippen LogP contribution in [0, 0.1) is 5.92 Å². The summed E-state index contributed by atoms with van der Waals surface area (Å²) in [6.45, 7) is 3.90. The largest absolute Gasteiger partial charge is 0.354 e. The van der Waals surface area contributed by atoms with Gasteiger partial charge >= 0.3 is 0 Å². The van der Waals surface area contributed by atoms with Gasteiger partial charge in [0.2, 0.25) is 5.91 Å². The maximum absolute atomic E-state index is 12.8. The standard InChI is InChI=1S/C25H32ClN3O2/c1-4-18-5-7-19(8-6-18)23(28(2)3)17-27-24(30)20-13-15-29(16-14-20)25(31)21-9-11-22(26)12-10-21/h5-12,20,23H,4,13-17H2,1-3H3,(H,27,30)/t23-/m1/s1. The molecule has 2 aromatic rings. The number of nitrogens with zero attached hydrogens (tertiary/aromatic N) is 2. The molecule has 1 heterocycles. The SMILES string of the molecule is CCc1ccc([C@@H](CNC(=O)C2CCN(C(=O)c3ccc(Cl)cc3)CC2)N(C)C)cc1. The molecule has 6 heteroatoms. The molecule has 1 atom stereocenters. The summed E-state index contributed by atoms with van der Waals surface area (Å²) in [7, 11) is 4.07. The van der Waals surface area contributed by atoms with E-state index in [1.54, 1.807) is 24.3 Å². The number of carbonyl (C=O) groups excluding carboxylic acids is 2. The zero-order valence-electron chi connectivity index (χ0n) is 18.6. The number of hydrogen-bond acceptors (Lipinski definition) is 3. The number of halogens is 1. The van der Waals surface area contributed by atoms with Crippen LogP contribution in [0.4, 0.5) is 0 Å². The molecule has 0 aliphatic carbocycles. The Morgan fingerprint density at radius 3 is 2.23 bits per heavy atom. The van der Waals surface area contributed by atoms with Crippen LogP contribution < -0.4 is 5.32 Å². The Balaban J connectivity index is 1.51. The van der Waals surface area contributed by atoms with Crippen molar-refractivity contribution in [2.45, 2.75) is 32.2 Å². The van der Waals surface area contributed by atoms with Crippen molar-refractivity contribution in [3.8, 4) is 0 Å². The fraction of sp³-hybridized carbons (Fsp3) is 0.440. The highest BCUT2D eigenvalue weighted by molar-refractivity contribution is 6.30. The molecule has 1 saturated heterocycles. The highest BCUT2D eigenvalue weighted by Crippen LogP contribution is 2.22. The molecule has 166 valence electrons. The van der Waals surface area contributed by atoms with Gasteiger partial charge in [-0.1, -0.05) is 42.8 Å². The van der Waals surface area contributed by atoms with E-state index in [1.165, 1.54) is 11.1 Å². The van der Waals surface area contributed by atoms with Crippen LogP contribution in [-0.2, 0) is 11.2 Å². The van der Waals surface area contributed by atoms with Gasteiger partial charge < -0.3 is 15.1 Å². The van der Waals surface area contributed by atoms with Crippen LogP contribution in [0.3, 0.4) is 0 Å². The zero-order valence-corrected chi connectivity index (χ0v) is 19.4. The van der Waals surface area contributed by atoms with Gasteiger partial charge in [0.15, 0.2) is 0 Å². The maximum Gasteiger partial charge on any atom is 0.253 e. The number of piperidine rings is 1. The molecule has 1 aliphatic rings. The van der Waals surface area contributed by atoms with Crippen LogP contribution in [0.25, 0.3) is 0 Å². The fourth-order valence-electron chi connectivity index (χ4n) is 4.04. The van der Waals surface area contributed by atoms with Crippen LogP contribution >= 0.6 is 11.6 Å². The van der Waals surface area contributed by atoms with Gasteiger partial charge in [0.25, 0.3) is 5.91 Å². The van der Waals surface area contributed by atoms with Gasteiger partial charge in [-0.25, -0.2) is 0 Å². The van der Waals surface area contributed by atoms with E-state index in [2.05, 4.69) is 41.4 Å². The minimum Gasteiger partial charge on any atom is -0.354 e. The lowest BCUT2D eigenvalue weighted by molar-refractivity contribution is -0.126. The average Bonchev–Trinajstić information content (AvgIpc) is 2.79. The number of nitrogens with one attached hydrogen (secondary N) is 1. The van der Waals surface area contributed by atoms with Crippen molar-refractivity contribution in [2.24, 2.45) is 5.92 Å². The number of aryl methyl sites for hydroxylation is 1. The first-order valence-electron chi connectivity index (χ1n) is 11.0. The van der Waals surface area contributed by atoms with Crippen molar-refractivity contribution < 1.29 is 9.59 Å². The Morgan fingerprint density at radius 2 is 1.68 bits per heavy atom. The lowest BCUT2D eigenvalue weighted by Crippen LogP contribution is -2.44. The summed E-state index contributed by atoms with van der Waals surface area (Å²) in [6, 6.07) is 15.7. The van der Waals surface area contributed by atoms with E-state index in [9.17, 15) is 9.59 Å². The average molecular weight is 442 g/mol. The second-order valence-electron chi connectivity index (χ2n) is 8.39. The van der Waals surface area contributed by atoms with E-state index in [0.717, 1.165) is 6.42 Å². The fourth-order valence-corrected chi connectivity index (χ4v) is 4.16. The molecule has 0 aromatic heterocycles. The minimum absolute atomic E-state index is 0.00118.